The normalized spacial score (nSPS) is 22.1. The zero-order valence-electron chi connectivity index (χ0n) is 13.0. The van der Waals surface area contributed by atoms with E-state index in [0.29, 0.717) is 6.42 Å². The molecule has 2 atom stereocenters. The Balaban J connectivity index is 0.000000956. The van der Waals surface area contributed by atoms with Crippen LogP contribution in [0.25, 0.3) is 0 Å². The summed E-state index contributed by atoms with van der Waals surface area (Å²) in [7, 11) is 0. The van der Waals surface area contributed by atoms with Crippen molar-refractivity contribution in [2.24, 2.45) is 17.3 Å². The van der Waals surface area contributed by atoms with E-state index in [-0.39, 0.29) is 29.2 Å². The number of carbonyl (C=O) groups is 2. The Labute approximate surface area is 121 Å². The molecule has 20 heavy (non-hydrogen) atoms. The van der Waals surface area contributed by atoms with Crippen LogP contribution in [0.2, 0.25) is 0 Å². The first-order valence-electron chi connectivity index (χ1n) is 7.19. The van der Waals surface area contributed by atoms with Crippen molar-refractivity contribution < 1.29 is 14.3 Å². The lowest BCUT2D eigenvalue weighted by Crippen LogP contribution is -2.32. The van der Waals surface area contributed by atoms with Gasteiger partial charge in [-0.05, 0) is 17.4 Å². The lowest BCUT2D eigenvalue weighted by Gasteiger charge is -2.27. The van der Waals surface area contributed by atoms with Gasteiger partial charge < -0.3 is 4.74 Å². The van der Waals surface area contributed by atoms with Gasteiger partial charge in [-0.1, -0.05) is 65.0 Å². The molecule has 3 heteroatoms. The molecule has 0 aromatic heterocycles. The molecule has 2 rings (SSSR count). The molecule has 1 aliphatic heterocycles. The van der Waals surface area contributed by atoms with Crippen molar-refractivity contribution in [3.8, 4) is 0 Å². The molecule has 0 bridgehead atoms. The number of benzene rings is 1. The van der Waals surface area contributed by atoms with Gasteiger partial charge in [-0.25, -0.2) is 0 Å². The van der Waals surface area contributed by atoms with Crippen LogP contribution < -0.4 is 0 Å². The summed E-state index contributed by atoms with van der Waals surface area (Å²) in [5.41, 5.74) is 0.797. The maximum absolute atomic E-state index is 11.8. The first kappa shape index (κ1) is 16.4. The van der Waals surface area contributed by atoms with Crippen LogP contribution in [-0.4, -0.2) is 11.9 Å². The van der Waals surface area contributed by atoms with Gasteiger partial charge in [0, 0.05) is 0 Å². The number of rotatable bonds is 2. The Morgan fingerprint density at radius 2 is 1.55 bits per heavy atom. The maximum atomic E-state index is 11.8. The molecule has 3 nitrogen and oxygen atoms in total. The summed E-state index contributed by atoms with van der Waals surface area (Å²) in [5, 5.41) is 0. The lowest BCUT2D eigenvalue weighted by molar-refractivity contribution is -0.154. The Morgan fingerprint density at radius 1 is 1.00 bits per heavy atom. The molecule has 0 radical (unpaired) electrons. The molecule has 1 aromatic rings. The highest BCUT2D eigenvalue weighted by molar-refractivity contribution is 5.97. The van der Waals surface area contributed by atoms with E-state index in [1.807, 2.05) is 65.0 Å². The summed E-state index contributed by atoms with van der Waals surface area (Å²) in [5.74, 6) is -1.48. The molecule has 2 unspecified atom stereocenters. The first-order valence-corrected chi connectivity index (χ1v) is 7.19. The minimum absolute atomic E-state index is 0.261. The fourth-order valence-corrected chi connectivity index (χ4v) is 2.56. The SMILES string of the molecule is CC.CC(C)(C)C1C(=O)OC(=O)C1Cc1ccccc1. The maximum Gasteiger partial charge on any atom is 0.318 e. The molecular weight excluding hydrogens is 252 g/mol. The molecule has 0 aliphatic carbocycles. The average Bonchev–Trinajstić information content (AvgIpc) is 2.67. The van der Waals surface area contributed by atoms with Crippen LogP contribution in [0.4, 0.5) is 0 Å². The quantitative estimate of drug-likeness (QED) is 0.612. The third-order valence-electron chi connectivity index (χ3n) is 3.39. The van der Waals surface area contributed by atoms with Crippen molar-refractivity contribution in [3.63, 3.8) is 0 Å². The topological polar surface area (TPSA) is 43.4 Å². The average molecular weight is 276 g/mol. The molecule has 1 fully saturated rings. The van der Waals surface area contributed by atoms with E-state index in [4.69, 9.17) is 4.74 Å². The summed E-state index contributed by atoms with van der Waals surface area (Å²) in [4.78, 5) is 23.6. The van der Waals surface area contributed by atoms with Gasteiger partial charge in [-0.2, -0.15) is 0 Å². The Bertz CT molecular complexity index is 457. The molecule has 0 spiro atoms. The van der Waals surface area contributed by atoms with E-state index in [9.17, 15) is 9.59 Å². The van der Waals surface area contributed by atoms with Gasteiger partial charge >= 0.3 is 11.9 Å². The van der Waals surface area contributed by atoms with Crippen molar-refractivity contribution in [2.45, 2.75) is 41.0 Å². The van der Waals surface area contributed by atoms with E-state index < -0.39 is 0 Å². The van der Waals surface area contributed by atoms with Crippen LogP contribution >= 0.6 is 0 Å². The van der Waals surface area contributed by atoms with Crippen LogP contribution in [-0.2, 0) is 20.7 Å². The molecule has 1 saturated heterocycles. The summed E-state index contributed by atoms with van der Waals surface area (Å²) in [6, 6.07) is 9.74. The van der Waals surface area contributed by atoms with Gasteiger partial charge in [0.1, 0.15) is 0 Å². The van der Waals surface area contributed by atoms with Crippen molar-refractivity contribution in [3.05, 3.63) is 35.9 Å². The number of esters is 2. The molecule has 110 valence electrons. The van der Waals surface area contributed by atoms with Crippen LogP contribution in [0.3, 0.4) is 0 Å². The number of hydrogen-bond donors (Lipinski definition) is 0. The zero-order valence-corrected chi connectivity index (χ0v) is 13.0. The minimum Gasteiger partial charge on any atom is -0.393 e. The van der Waals surface area contributed by atoms with Crippen LogP contribution in [0.15, 0.2) is 30.3 Å². The molecule has 0 saturated carbocycles. The van der Waals surface area contributed by atoms with E-state index >= 15 is 0 Å². The van der Waals surface area contributed by atoms with Gasteiger partial charge in [0.2, 0.25) is 0 Å². The standard InChI is InChI=1S/C15H18O3.C2H6/c1-15(2,3)12-11(13(16)18-14(12)17)9-10-7-5-4-6-8-10;1-2/h4-8,11-12H,9H2,1-3H3;1-2H3. The summed E-state index contributed by atoms with van der Waals surface area (Å²) < 4.78 is 4.81. The van der Waals surface area contributed by atoms with Crippen molar-refractivity contribution in [1.29, 1.82) is 0 Å². The predicted octanol–water partition coefficient (Wildman–Crippen LogP) is 3.62. The number of cyclic esters (lactones) is 2. The Morgan fingerprint density at radius 3 is 2.05 bits per heavy atom. The monoisotopic (exact) mass is 276 g/mol. The third-order valence-corrected chi connectivity index (χ3v) is 3.39. The van der Waals surface area contributed by atoms with Crippen LogP contribution in [0.5, 0.6) is 0 Å². The molecular formula is C17H24O3. The number of carbonyl (C=O) groups excluding carboxylic acids is 2. The fraction of sp³-hybridized carbons (Fsp3) is 0.529. The van der Waals surface area contributed by atoms with E-state index in [0.717, 1.165) is 5.56 Å². The molecule has 1 aliphatic rings. The zero-order chi connectivity index (χ0) is 15.3. The largest absolute Gasteiger partial charge is 0.393 e. The van der Waals surface area contributed by atoms with Crippen LogP contribution in [0, 0.1) is 17.3 Å². The molecule has 0 amide bonds. The lowest BCUT2D eigenvalue weighted by atomic mass is 9.72. The van der Waals surface area contributed by atoms with Gasteiger partial charge in [0.25, 0.3) is 0 Å². The second-order valence-electron chi connectivity index (χ2n) is 5.88. The molecule has 0 N–H and O–H groups in total. The second kappa shape index (κ2) is 6.69. The summed E-state index contributed by atoms with van der Waals surface area (Å²) >= 11 is 0. The van der Waals surface area contributed by atoms with Gasteiger partial charge in [0.05, 0.1) is 11.8 Å². The summed E-state index contributed by atoms with van der Waals surface area (Å²) in [6.07, 6.45) is 0.563. The van der Waals surface area contributed by atoms with Gasteiger partial charge in [-0.15, -0.1) is 0 Å². The number of hydrogen-bond acceptors (Lipinski definition) is 3. The van der Waals surface area contributed by atoms with E-state index in [1.54, 1.807) is 0 Å². The molecule has 1 heterocycles. The van der Waals surface area contributed by atoms with E-state index in [2.05, 4.69) is 0 Å². The fourth-order valence-electron chi connectivity index (χ4n) is 2.56. The second-order valence-corrected chi connectivity index (χ2v) is 5.88. The highest BCUT2D eigenvalue weighted by atomic mass is 16.6. The van der Waals surface area contributed by atoms with Crippen molar-refractivity contribution in [2.75, 3.05) is 0 Å². The van der Waals surface area contributed by atoms with Crippen molar-refractivity contribution in [1.82, 2.24) is 0 Å². The Kier molecular flexibility index (Phi) is 5.49. The predicted molar refractivity (Wildman–Crippen MR) is 79.0 cm³/mol. The van der Waals surface area contributed by atoms with Gasteiger partial charge in [-0.3, -0.25) is 9.59 Å². The minimum atomic E-state index is -0.385. The third kappa shape index (κ3) is 3.69. The highest BCUT2D eigenvalue weighted by Crippen LogP contribution is 2.39. The smallest absolute Gasteiger partial charge is 0.318 e. The number of ether oxygens (including phenoxy) is 1. The van der Waals surface area contributed by atoms with E-state index in [1.165, 1.54) is 0 Å². The van der Waals surface area contributed by atoms with Gasteiger partial charge in [0.15, 0.2) is 0 Å². The molecule has 1 aromatic carbocycles. The van der Waals surface area contributed by atoms with Crippen LogP contribution in [0.1, 0.15) is 40.2 Å². The Hall–Kier alpha value is -1.64. The highest BCUT2D eigenvalue weighted by Gasteiger charge is 2.49. The first-order chi connectivity index (χ1) is 9.39. The van der Waals surface area contributed by atoms with Crippen molar-refractivity contribution >= 4 is 11.9 Å². The summed E-state index contributed by atoms with van der Waals surface area (Å²) in [6.45, 7) is 9.90.